The van der Waals surface area contributed by atoms with E-state index in [0.29, 0.717) is 18.6 Å². The largest absolute Gasteiger partial charge is 1.00 e. The minimum atomic E-state index is -5.05. The van der Waals surface area contributed by atoms with E-state index < -0.39 is 12.4 Å². The van der Waals surface area contributed by atoms with E-state index in [9.17, 15) is 12.9 Å². The van der Waals surface area contributed by atoms with Crippen molar-refractivity contribution in [2.24, 2.45) is 0 Å². The molecule has 0 atom stereocenters. The molecule has 0 spiro atoms. The molecule has 0 aliphatic carbocycles. The van der Waals surface area contributed by atoms with Gasteiger partial charge in [0.2, 0.25) is 0 Å². The van der Waals surface area contributed by atoms with Crippen LogP contribution in [0.2, 0.25) is 0 Å². The van der Waals surface area contributed by atoms with Gasteiger partial charge in [0.15, 0.2) is 0 Å². The molecular formula is C9H9BF3KO2. The van der Waals surface area contributed by atoms with Crippen LogP contribution in [0.25, 0.3) is 0 Å². The number of ether oxygens (including phenoxy) is 2. The summed E-state index contributed by atoms with van der Waals surface area (Å²) in [6, 6.07) is 2.58. The fraction of sp³-hybridized carbons (Fsp3) is 0.333. The van der Waals surface area contributed by atoms with Gasteiger partial charge in [0.1, 0.15) is 5.75 Å². The maximum absolute atomic E-state index is 12.7. The molecule has 1 aromatic carbocycles. The van der Waals surface area contributed by atoms with Crippen LogP contribution < -0.4 is 66.3 Å². The molecule has 2 nitrogen and oxygen atoms in total. The van der Waals surface area contributed by atoms with Crippen molar-refractivity contribution in [2.45, 2.75) is 6.42 Å². The third-order valence-electron chi connectivity index (χ3n) is 2.37. The molecule has 16 heavy (non-hydrogen) atoms. The molecule has 0 amide bonds. The van der Waals surface area contributed by atoms with E-state index in [1.807, 2.05) is 0 Å². The predicted molar refractivity (Wildman–Crippen MR) is 50.9 cm³/mol. The SMILES string of the molecule is COc1cc2c(c([B-](F)(F)F)c1)OCC2.[K+]. The summed E-state index contributed by atoms with van der Waals surface area (Å²) in [5.41, 5.74) is -0.120. The first-order valence-corrected chi connectivity index (χ1v) is 4.56. The normalized spacial score (nSPS) is 13.8. The second-order valence-electron chi connectivity index (χ2n) is 3.38. The quantitative estimate of drug-likeness (QED) is 0.612. The Morgan fingerprint density at radius 2 is 2.00 bits per heavy atom. The molecule has 7 heteroatoms. The molecular weight excluding hydrogens is 247 g/mol. The first-order chi connectivity index (χ1) is 7.02. The first kappa shape index (κ1) is 14.4. The average molecular weight is 256 g/mol. The number of halogens is 3. The summed E-state index contributed by atoms with van der Waals surface area (Å²) in [4.78, 5) is 0. The van der Waals surface area contributed by atoms with Gasteiger partial charge in [-0.1, -0.05) is 5.46 Å². The molecule has 1 aliphatic heterocycles. The second-order valence-corrected chi connectivity index (χ2v) is 3.38. The van der Waals surface area contributed by atoms with Gasteiger partial charge in [-0.05, 0) is 17.7 Å². The molecule has 0 saturated heterocycles. The van der Waals surface area contributed by atoms with Crippen LogP contribution in [0.15, 0.2) is 12.1 Å². The minimum Gasteiger partial charge on any atom is -0.497 e. The second kappa shape index (κ2) is 5.31. The minimum absolute atomic E-state index is 0. The number of hydrogen-bond acceptors (Lipinski definition) is 2. The zero-order valence-electron chi connectivity index (χ0n) is 9.10. The van der Waals surface area contributed by atoms with Crippen LogP contribution in [0.1, 0.15) is 5.56 Å². The standard InChI is InChI=1S/C9H9BF3O2.K/c1-14-7-4-6-2-3-15-9(6)8(5-7)10(11,12)13;/h4-5H,2-3H2,1H3;/q-1;+1. The summed E-state index contributed by atoms with van der Waals surface area (Å²) in [6.07, 6.45) is 0.506. The Morgan fingerprint density at radius 1 is 1.31 bits per heavy atom. The van der Waals surface area contributed by atoms with Crippen molar-refractivity contribution in [3.8, 4) is 11.5 Å². The molecule has 0 fully saturated rings. The van der Waals surface area contributed by atoms with E-state index in [0.717, 1.165) is 6.07 Å². The van der Waals surface area contributed by atoms with Crippen molar-refractivity contribution >= 4 is 12.4 Å². The monoisotopic (exact) mass is 256 g/mol. The van der Waals surface area contributed by atoms with Gasteiger partial charge in [-0.3, -0.25) is 0 Å². The summed E-state index contributed by atoms with van der Waals surface area (Å²) < 4.78 is 47.9. The van der Waals surface area contributed by atoms with Crippen molar-refractivity contribution in [2.75, 3.05) is 13.7 Å². The Hall–Kier alpha value is 0.311. The number of rotatable bonds is 2. The van der Waals surface area contributed by atoms with Gasteiger partial charge in [0.05, 0.1) is 19.5 Å². The molecule has 0 radical (unpaired) electrons. The van der Waals surface area contributed by atoms with Crippen LogP contribution in [0.4, 0.5) is 12.9 Å². The van der Waals surface area contributed by atoms with Crippen molar-refractivity contribution in [3.05, 3.63) is 17.7 Å². The Bertz CT molecular complexity index is 395. The summed E-state index contributed by atoms with van der Waals surface area (Å²) in [5, 5.41) is 0. The maximum atomic E-state index is 12.7. The van der Waals surface area contributed by atoms with Gasteiger partial charge in [0, 0.05) is 6.42 Å². The fourth-order valence-electron chi connectivity index (χ4n) is 1.67. The molecule has 1 aromatic rings. The van der Waals surface area contributed by atoms with Gasteiger partial charge in [-0.25, -0.2) is 0 Å². The van der Waals surface area contributed by atoms with Crippen molar-refractivity contribution < 1.29 is 73.8 Å². The fourth-order valence-corrected chi connectivity index (χ4v) is 1.67. The van der Waals surface area contributed by atoms with Crippen molar-refractivity contribution in [1.82, 2.24) is 0 Å². The van der Waals surface area contributed by atoms with Crippen molar-refractivity contribution in [3.63, 3.8) is 0 Å². The Labute approximate surface area is 134 Å². The maximum Gasteiger partial charge on any atom is 1.00 e. The summed E-state index contributed by atoms with van der Waals surface area (Å²) in [6.45, 7) is -4.74. The van der Waals surface area contributed by atoms with E-state index in [-0.39, 0.29) is 62.9 Å². The van der Waals surface area contributed by atoms with Crippen LogP contribution in [0.5, 0.6) is 11.5 Å². The summed E-state index contributed by atoms with van der Waals surface area (Å²) in [7, 11) is 1.35. The van der Waals surface area contributed by atoms with E-state index >= 15 is 0 Å². The predicted octanol–water partition coefficient (Wildman–Crippen LogP) is -1.31. The third-order valence-corrected chi connectivity index (χ3v) is 2.37. The van der Waals surface area contributed by atoms with Crippen LogP contribution in [0, 0.1) is 0 Å². The van der Waals surface area contributed by atoms with Gasteiger partial charge in [-0.15, -0.1) is 0 Å². The summed E-state index contributed by atoms with van der Waals surface area (Å²) in [5.74, 6) is 0.205. The zero-order chi connectivity index (χ0) is 11.1. The van der Waals surface area contributed by atoms with Crippen molar-refractivity contribution in [1.29, 1.82) is 0 Å². The molecule has 0 N–H and O–H groups in total. The van der Waals surface area contributed by atoms with Gasteiger partial charge in [-0.2, -0.15) is 0 Å². The van der Waals surface area contributed by atoms with Gasteiger partial charge in [0.25, 0.3) is 0 Å². The number of fused-ring (bicyclic) bond motifs is 1. The first-order valence-electron chi connectivity index (χ1n) is 4.56. The molecule has 1 heterocycles. The Morgan fingerprint density at radius 3 is 2.56 bits per heavy atom. The average Bonchev–Trinajstić information content (AvgIpc) is 2.61. The molecule has 1 aliphatic rings. The molecule has 0 aromatic heterocycles. The van der Waals surface area contributed by atoms with E-state index in [1.165, 1.54) is 7.11 Å². The third kappa shape index (κ3) is 2.76. The molecule has 2 rings (SSSR count). The van der Waals surface area contributed by atoms with Crippen LogP contribution in [-0.4, -0.2) is 20.7 Å². The number of methoxy groups -OCH3 is 1. The van der Waals surface area contributed by atoms with E-state index in [1.54, 1.807) is 6.07 Å². The van der Waals surface area contributed by atoms with Gasteiger partial charge >= 0.3 is 58.4 Å². The Balaban J connectivity index is 0.00000128. The van der Waals surface area contributed by atoms with Crippen LogP contribution in [-0.2, 0) is 6.42 Å². The smallest absolute Gasteiger partial charge is 0.497 e. The topological polar surface area (TPSA) is 18.5 Å². The number of hydrogen-bond donors (Lipinski definition) is 0. The van der Waals surface area contributed by atoms with E-state index in [4.69, 9.17) is 9.47 Å². The molecule has 0 saturated carbocycles. The zero-order valence-corrected chi connectivity index (χ0v) is 12.2. The number of benzene rings is 1. The Kier molecular flexibility index (Phi) is 4.77. The molecule has 0 unspecified atom stereocenters. The molecule has 0 bridgehead atoms. The van der Waals surface area contributed by atoms with E-state index in [2.05, 4.69) is 0 Å². The molecule has 82 valence electrons. The van der Waals surface area contributed by atoms with Crippen LogP contribution in [0.3, 0.4) is 0 Å². The van der Waals surface area contributed by atoms with Gasteiger partial charge < -0.3 is 22.4 Å². The van der Waals surface area contributed by atoms with Crippen LogP contribution >= 0.6 is 0 Å². The summed E-state index contributed by atoms with van der Waals surface area (Å²) >= 11 is 0.